The van der Waals surface area contributed by atoms with Crippen LogP contribution in [0.25, 0.3) is 5.76 Å². The number of aliphatic hydroxyl groups is 1. The SMILES string of the molecule is COc1cccc(N2C(=O)C(=O)/C(=C(\O)c3ccccc3)C2c2cccs2)c1. The molecule has 0 spiro atoms. The molecule has 1 aromatic heterocycles. The molecule has 1 fully saturated rings. The molecule has 1 aliphatic heterocycles. The fourth-order valence-corrected chi connectivity index (χ4v) is 4.15. The largest absolute Gasteiger partial charge is 0.507 e. The number of hydrogen-bond donors (Lipinski definition) is 1. The molecule has 5 nitrogen and oxygen atoms in total. The summed E-state index contributed by atoms with van der Waals surface area (Å²) in [7, 11) is 1.54. The topological polar surface area (TPSA) is 66.8 Å². The number of methoxy groups -OCH3 is 1. The van der Waals surface area contributed by atoms with Crippen molar-refractivity contribution in [1.29, 1.82) is 0 Å². The number of thiophene rings is 1. The molecule has 6 heteroatoms. The number of carbonyl (C=O) groups excluding carboxylic acids is 2. The number of carbonyl (C=O) groups is 2. The van der Waals surface area contributed by atoms with Gasteiger partial charge < -0.3 is 9.84 Å². The fraction of sp³-hybridized carbons (Fsp3) is 0.0909. The Balaban J connectivity index is 1.92. The lowest BCUT2D eigenvalue weighted by Crippen LogP contribution is -2.29. The highest BCUT2D eigenvalue weighted by atomic mass is 32.1. The third-order valence-corrected chi connectivity index (χ3v) is 5.56. The molecule has 1 aliphatic rings. The van der Waals surface area contributed by atoms with E-state index in [4.69, 9.17) is 4.74 Å². The average Bonchev–Trinajstić information content (AvgIpc) is 3.35. The van der Waals surface area contributed by atoms with Crippen LogP contribution < -0.4 is 9.64 Å². The highest BCUT2D eigenvalue weighted by molar-refractivity contribution is 7.10. The zero-order valence-corrected chi connectivity index (χ0v) is 15.8. The van der Waals surface area contributed by atoms with Crippen LogP contribution in [0.15, 0.2) is 77.7 Å². The Bertz CT molecular complexity index is 1060. The van der Waals surface area contributed by atoms with E-state index in [1.165, 1.54) is 16.2 Å². The summed E-state index contributed by atoms with van der Waals surface area (Å²) in [6.45, 7) is 0. The van der Waals surface area contributed by atoms with E-state index >= 15 is 0 Å². The highest BCUT2D eigenvalue weighted by Crippen LogP contribution is 2.44. The van der Waals surface area contributed by atoms with Gasteiger partial charge in [-0.1, -0.05) is 42.5 Å². The molecule has 4 rings (SSSR count). The van der Waals surface area contributed by atoms with E-state index in [2.05, 4.69) is 0 Å². The number of ketones is 1. The van der Waals surface area contributed by atoms with E-state index in [0.717, 1.165) is 4.88 Å². The van der Waals surface area contributed by atoms with Gasteiger partial charge in [0.05, 0.1) is 12.7 Å². The first-order chi connectivity index (χ1) is 13.6. The summed E-state index contributed by atoms with van der Waals surface area (Å²) in [6, 6.07) is 18.8. The van der Waals surface area contributed by atoms with Gasteiger partial charge in [0.2, 0.25) is 0 Å². The third-order valence-electron chi connectivity index (χ3n) is 4.64. The summed E-state index contributed by atoms with van der Waals surface area (Å²) in [5.41, 5.74) is 1.11. The first kappa shape index (κ1) is 18.0. The fourth-order valence-electron chi connectivity index (χ4n) is 3.33. The van der Waals surface area contributed by atoms with Gasteiger partial charge in [0, 0.05) is 22.2 Å². The minimum atomic E-state index is -0.706. The first-order valence-corrected chi connectivity index (χ1v) is 9.53. The van der Waals surface area contributed by atoms with Crippen molar-refractivity contribution >= 4 is 34.5 Å². The second-order valence-corrected chi connectivity index (χ2v) is 7.23. The zero-order valence-electron chi connectivity index (χ0n) is 15.0. The van der Waals surface area contributed by atoms with E-state index in [9.17, 15) is 14.7 Å². The molecule has 1 unspecified atom stereocenters. The normalized spacial score (nSPS) is 18.5. The van der Waals surface area contributed by atoms with Gasteiger partial charge in [-0.3, -0.25) is 14.5 Å². The minimum absolute atomic E-state index is 0.0847. The number of Topliss-reactive ketones (excluding diaryl/α,β-unsaturated/α-hetero) is 1. The quantitative estimate of drug-likeness (QED) is 0.407. The van der Waals surface area contributed by atoms with E-state index in [1.54, 1.807) is 55.6 Å². The van der Waals surface area contributed by atoms with Crippen molar-refractivity contribution in [2.45, 2.75) is 6.04 Å². The van der Waals surface area contributed by atoms with Crippen LogP contribution in [0.4, 0.5) is 5.69 Å². The molecule has 0 aliphatic carbocycles. The minimum Gasteiger partial charge on any atom is -0.507 e. The summed E-state index contributed by atoms with van der Waals surface area (Å²) < 4.78 is 5.26. The number of nitrogens with zero attached hydrogens (tertiary/aromatic N) is 1. The van der Waals surface area contributed by atoms with Crippen LogP contribution >= 0.6 is 11.3 Å². The van der Waals surface area contributed by atoms with Crippen molar-refractivity contribution in [3.05, 3.63) is 88.1 Å². The Labute approximate surface area is 166 Å². The Morgan fingerprint density at radius 2 is 1.82 bits per heavy atom. The monoisotopic (exact) mass is 391 g/mol. The number of anilines is 1. The molecule has 2 aromatic carbocycles. The maximum Gasteiger partial charge on any atom is 0.300 e. The molecule has 0 bridgehead atoms. The molecule has 1 N–H and O–H groups in total. The van der Waals surface area contributed by atoms with Gasteiger partial charge in [-0.2, -0.15) is 0 Å². The van der Waals surface area contributed by atoms with Gasteiger partial charge >= 0.3 is 0 Å². The van der Waals surface area contributed by atoms with Crippen molar-refractivity contribution in [3.8, 4) is 5.75 Å². The standard InChI is InChI=1S/C22H17NO4S/c1-27-16-10-5-9-15(13-16)23-19(17-11-6-12-28-17)18(21(25)22(23)26)20(24)14-7-3-2-4-8-14/h2-13,19,24H,1H3/b20-18-. The van der Waals surface area contributed by atoms with Crippen molar-refractivity contribution < 1.29 is 19.4 Å². The predicted octanol–water partition coefficient (Wildman–Crippen LogP) is 4.38. The Morgan fingerprint density at radius 3 is 2.50 bits per heavy atom. The second kappa shape index (κ2) is 7.32. The predicted molar refractivity (Wildman–Crippen MR) is 109 cm³/mol. The van der Waals surface area contributed by atoms with E-state index in [0.29, 0.717) is 17.0 Å². The van der Waals surface area contributed by atoms with Gasteiger partial charge in [-0.25, -0.2) is 0 Å². The molecule has 1 saturated heterocycles. The molecular weight excluding hydrogens is 374 g/mol. The van der Waals surface area contributed by atoms with Crippen LogP contribution in [0.5, 0.6) is 5.75 Å². The van der Waals surface area contributed by atoms with E-state index < -0.39 is 17.7 Å². The number of benzene rings is 2. The van der Waals surface area contributed by atoms with Gasteiger partial charge in [-0.05, 0) is 23.6 Å². The lowest BCUT2D eigenvalue weighted by molar-refractivity contribution is -0.132. The molecule has 0 saturated carbocycles. The van der Waals surface area contributed by atoms with Crippen LogP contribution in [-0.2, 0) is 9.59 Å². The van der Waals surface area contributed by atoms with E-state index in [-0.39, 0.29) is 11.3 Å². The van der Waals surface area contributed by atoms with Crippen molar-refractivity contribution in [2.24, 2.45) is 0 Å². The molecule has 1 amide bonds. The second-order valence-electron chi connectivity index (χ2n) is 6.25. The van der Waals surface area contributed by atoms with Gasteiger partial charge in [0.15, 0.2) is 0 Å². The van der Waals surface area contributed by atoms with Crippen molar-refractivity contribution in [2.75, 3.05) is 12.0 Å². The molecule has 3 aromatic rings. The Kier molecular flexibility index (Phi) is 4.71. The average molecular weight is 391 g/mol. The van der Waals surface area contributed by atoms with Crippen molar-refractivity contribution in [3.63, 3.8) is 0 Å². The lowest BCUT2D eigenvalue weighted by Gasteiger charge is -2.24. The summed E-state index contributed by atoms with van der Waals surface area (Å²) in [4.78, 5) is 28.1. The Morgan fingerprint density at radius 1 is 1.04 bits per heavy atom. The number of ether oxygens (including phenoxy) is 1. The van der Waals surface area contributed by atoms with E-state index in [1.807, 2.05) is 23.6 Å². The maximum absolute atomic E-state index is 13.0. The van der Waals surface area contributed by atoms with Gasteiger partial charge in [-0.15, -0.1) is 11.3 Å². The highest BCUT2D eigenvalue weighted by Gasteiger charge is 2.47. The van der Waals surface area contributed by atoms with Crippen LogP contribution in [0.3, 0.4) is 0 Å². The summed E-state index contributed by atoms with van der Waals surface area (Å²) in [6.07, 6.45) is 0. The molecular formula is C22H17NO4S. The smallest absolute Gasteiger partial charge is 0.300 e. The van der Waals surface area contributed by atoms with Crippen LogP contribution in [-0.4, -0.2) is 23.9 Å². The first-order valence-electron chi connectivity index (χ1n) is 8.65. The summed E-state index contributed by atoms with van der Waals surface area (Å²) in [5, 5.41) is 12.8. The molecule has 0 radical (unpaired) electrons. The molecule has 2 heterocycles. The third kappa shape index (κ3) is 2.97. The molecule has 140 valence electrons. The van der Waals surface area contributed by atoms with Crippen LogP contribution in [0.2, 0.25) is 0 Å². The number of hydrogen-bond acceptors (Lipinski definition) is 5. The molecule has 28 heavy (non-hydrogen) atoms. The van der Waals surface area contributed by atoms with Gasteiger partial charge in [0.1, 0.15) is 17.6 Å². The summed E-state index contributed by atoms with van der Waals surface area (Å²) >= 11 is 1.43. The molecule has 1 atom stereocenters. The zero-order chi connectivity index (χ0) is 19.7. The van der Waals surface area contributed by atoms with Crippen LogP contribution in [0.1, 0.15) is 16.5 Å². The van der Waals surface area contributed by atoms with Crippen molar-refractivity contribution in [1.82, 2.24) is 0 Å². The maximum atomic E-state index is 13.0. The number of aliphatic hydroxyl groups excluding tert-OH is 1. The summed E-state index contributed by atoms with van der Waals surface area (Å²) in [5.74, 6) is -0.984. The van der Waals surface area contributed by atoms with Gasteiger partial charge in [0.25, 0.3) is 11.7 Å². The number of amides is 1. The Hall–Kier alpha value is -3.38. The van der Waals surface area contributed by atoms with Crippen LogP contribution in [0, 0.1) is 0 Å². The number of rotatable bonds is 4. The lowest BCUT2D eigenvalue weighted by atomic mass is 10.00.